The molecule has 1 aromatic rings. The van der Waals surface area contributed by atoms with E-state index in [9.17, 15) is 0 Å². The third-order valence-corrected chi connectivity index (χ3v) is 2.90. The van der Waals surface area contributed by atoms with Gasteiger partial charge in [-0.25, -0.2) is 0 Å². The van der Waals surface area contributed by atoms with Gasteiger partial charge in [-0.2, -0.15) is 5.10 Å². The first-order valence-corrected chi connectivity index (χ1v) is 7.15. The summed E-state index contributed by atoms with van der Waals surface area (Å²) in [7, 11) is 0. The summed E-state index contributed by atoms with van der Waals surface area (Å²) in [6.45, 7) is 10.0. The molecule has 1 aromatic heterocycles. The van der Waals surface area contributed by atoms with E-state index in [0.29, 0.717) is 6.04 Å². The van der Waals surface area contributed by atoms with Gasteiger partial charge in [-0.3, -0.25) is 4.68 Å². The van der Waals surface area contributed by atoms with Crippen molar-refractivity contribution >= 4 is 0 Å². The van der Waals surface area contributed by atoms with Crippen molar-refractivity contribution in [2.75, 3.05) is 19.8 Å². The van der Waals surface area contributed by atoms with Gasteiger partial charge in [0.1, 0.15) is 0 Å². The molecule has 4 nitrogen and oxygen atoms in total. The van der Waals surface area contributed by atoms with Gasteiger partial charge < -0.3 is 10.1 Å². The summed E-state index contributed by atoms with van der Waals surface area (Å²) in [5.41, 5.74) is 1.27. The minimum absolute atomic E-state index is 0.363. The molecule has 1 atom stereocenters. The molecule has 0 aliphatic carbocycles. The van der Waals surface area contributed by atoms with E-state index in [1.807, 2.05) is 17.8 Å². The van der Waals surface area contributed by atoms with Crippen LogP contribution in [-0.2, 0) is 11.3 Å². The Balaban J connectivity index is 2.55. The Morgan fingerprint density at radius 3 is 2.83 bits per heavy atom. The molecule has 0 radical (unpaired) electrons. The first-order valence-electron chi connectivity index (χ1n) is 7.15. The Morgan fingerprint density at radius 2 is 2.17 bits per heavy atom. The predicted octanol–water partition coefficient (Wildman–Crippen LogP) is 2.76. The van der Waals surface area contributed by atoms with Crippen molar-refractivity contribution in [2.45, 2.75) is 52.6 Å². The summed E-state index contributed by atoms with van der Waals surface area (Å²) < 4.78 is 7.48. The number of aromatic nitrogens is 2. The second kappa shape index (κ2) is 9.11. The second-order valence-corrected chi connectivity index (χ2v) is 4.53. The average molecular weight is 253 g/mol. The highest BCUT2D eigenvalue weighted by Gasteiger charge is 2.12. The highest BCUT2D eigenvalue weighted by Crippen LogP contribution is 2.16. The van der Waals surface area contributed by atoms with Crippen LogP contribution >= 0.6 is 0 Å². The Bertz CT molecular complexity index is 312. The van der Waals surface area contributed by atoms with Crippen LogP contribution in [0.3, 0.4) is 0 Å². The molecule has 0 saturated carbocycles. The number of hydrogen-bond acceptors (Lipinski definition) is 3. The molecule has 104 valence electrons. The maximum Gasteiger partial charge on any atom is 0.0537 e. The summed E-state index contributed by atoms with van der Waals surface area (Å²) >= 11 is 0. The lowest BCUT2D eigenvalue weighted by Crippen LogP contribution is -2.23. The number of ether oxygens (including phenoxy) is 1. The van der Waals surface area contributed by atoms with Gasteiger partial charge in [0.05, 0.1) is 6.20 Å². The van der Waals surface area contributed by atoms with E-state index in [2.05, 4.69) is 30.5 Å². The summed E-state index contributed by atoms with van der Waals surface area (Å²) in [6.07, 6.45) is 7.41. The van der Waals surface area contributed by atoms with Gasteiger partial charge in [-0.1, -0.05) is 13.8 Å². The molecule has 0 aliphatic heterocycles. The Kier molecular flexibility index (Phi) is 7.69. The minimum Gasteiger partial charge on any atom is -0.382 e. The van der Waals surface area contributed by atoms with Crippen LogP contribution in [0.15, 0.2) is 12.4 Å². The molecule has 18 heavy (non-hydrogen) atoms. The molecule has 1 N–H and O–H groups in total. The number of rotatable bonds is 10. The lowest BCUT2D eigenvalue weighted by molar-refractivity contribution is 0.136. The van der Waals surface area contributed by atoms with E-state index >= 15 is 0 Å². The molecule has 0 aromatic carbocycles. The highest BCUT2D eigenvalue weighted by molar-refractivity contribution is 5.10. The summed E-state index contributed by atoms with van der Waals surface area (Å²) in [5, 5.41) is 7.97. The molecule has 0 amide bonds. The van der Waals surface area contributed by atoms with E-state index in [1.165, 1.54) is 5.56 Å². The van der Waals surface area contributed by atoms with E-state index in [0.717, 1.165) is 45.6 Å². The van der Waals surface area contributed by atoms with Crippen molar-refractivity contribution in [3.05, 3.63) is 18.0 Å². The number of aryl methyl sites for hydroxylation is 1. The van der Waals surface area contributed by atoms with Gasteiger partial charge in [0.15, 0.2) is 0 Å². The lowest BCUT2D eigenvalue weighted by atomic mass is 10.1. The zero-order valence-electron chi connectivity index (χ0n) is 12.0. The molecule has 1 heterocycles. The van der Waals surface area contributed by atoms with Gasteiger partial charge in [0.25, 0.3) is 0 Å². The molecule has 1 rings (SSSR count). The van der Waals surface area contributed by atoms with Crippen LogP contribution in [0.4, 0.5) is 0 Å². The van der Waals surface area contributed by atoms with Crippen LogP contribution in [0, 0.1) is 0 Å². The summed E-state index contributed by atoms with van der Waals surface area (Å²) in [5.74, 6) is 0. The molecule has 1 unspecified atom stereocenters. The second-order valence-electron chi connectivity index (χ2n) is 4.53. The van der Waals surface area contributed by atoms with E-state index < -0.39 is 0 Å². The lowest BCUT2D eigenvalue weighted by Gasteiger charge is -2.16. The molecular formula is C14H27N3O. The van der Waals surface area contributed by atoms with Gasteiger partial charge in [-0.05, 0) is 32.7 Å². The number of hydrogen-bond donors (Lipinski definition) is 1. The van der Waals surface area contributed by atoms with E-state index in [4.69, 9.17) is 4.74 Å². The van der Waals surface area contributed by atoms with E-state index in [-0.39, 0.29) is 0 Å². The van der Waals surface area contributed by atoms with Crippen LogP contribution in [-0.4, -0.2) is 29.5 Å². The van der Waals surface area contributed by atoms with Gasteiger partial charge in [0.2, 0.25) is 0 Å². The van der Waals surface area contributed by atoms with E-state index in [1.54, 1.807) is 0 Å². The van der Waals surface area contributed by atoms with Gasteiger partial charge in [0, 0.05) is 37.6 Å². The predicted molar refractivity (Wildman–Crippen MR) is 74.7 cm³/mol. The first kappa shape index (κ1) is 15.2. The third kappa shape index (κ3) is 5.19. The topological polar surface area (TPSA) is 39.1 Å². The third-order valence-electron chi connectivity index (χ3n) is 2.90. The van der Waals surface area contributed by atoms with Crippen molar-refractivity contribution in [2.24, 2.45) is 0 Å². The number of nitrogens with one attached hydrogen (secondary N) is 1. The zero-order valence-corrected chi connectivity index (χ0v) is 12.0. The maximum atomic E-state index is 5.45. The summed E-state index contributed by atoms with van der Waals surface area (Å²) in [4.78, 5) is 0. The van der Waals surface area contributed by atoms with Crippen LogP contribution in [0.25, 0.3) is 0 Å². The molecule has 0 aliphatic rings. The Labute approximate surface area is 111 Å². The zero-order chi connectivity index (χ0) is 13.2. The normalized spacial score (nSPS) is 12.8. The van der Waals surface area contributed by atoms with Crippen LogP contribution in [0.5, 0.6) is 0 Å². The van der Waals surface area contributed by atoms with Gasteiger partial charge in [-0.15, -0.1) is 0 Å². The van der Waals surface area contributed by atoms with Crippen molar-refractivity contribution in [3.63, 3.8) is 0 Å². The molecule has 0 saturated heterocycles. The molecular weight excluding hydrogens is 226 g/mol. The Morgan fingerprint density at radius 1 is 1.33 bits per heavy atom. The maximum absolute atomic E-state index is 5.45. The van der Waals surface area contributed by atoms with Crippen LogP contribution in [0.1, 0.15) is 51.6 Å². The van der Waals surface area contributed by atoms with Crippen LogP contribution in [0.2, 0.25) is 0 Å². The average Bonchev–Trinajstić information content (AvgIpc) is 2.82. The fraction of sp³-hybridized carbons (Fsp3) is 0.786. The monoisotopic (exact) mass is 253 g/mol. The SMILES string of the molecule is CCCNC(CCOCC)c1cnn(CCC)c1. The van der Waals surface area contributed by atoms with Gasteiger partial charge >= 0.3 is 0 Å². The molecule has 4 heteroatoms. The van der Waals surface area contributed by atoms with Crippen molar-refractivity contribution < 1.29 is 4.74 Å². The summed E-state index contributed by atoms with van der Waals surface area (Å²) in [6, 6.07) is 0.363. The molecule has 0 spiro atoms. The fourth-order valence-electron chi connectivity index (χ4n) is 1.96. The fourth-order valence-corrected chi connectivity index (χ4v) is 1.96. The van der Waals surface area contributed by atoms with Crippen molar-refractivity contribution in [3.8, 4) is 0 Å². The largest absolute Gasteiger partial charge is 0.382 e. The van der Waals surface area contributed by atoms with Crippen molar-refractivity contribution in [1.82, 2.24) is 15.1 Å². The highest BCUT2D eigenvalue weighted by atomic mass is 16.5. The molecule has 0 bridgehead atoms. The number of nitrogens with zero attached hydrogens (tertiary/aromatic N) is 2. The minimum atomic E-state index is 0.363. The first-order chi connectivity index (χ1) is 8.81. The van der Waals surface area contributed by atoms with Crippen molar-refractivity contribution in [1.29, 1.82) is 0 Å². The Hall–Kier alpha value is -0.870. The quantitative estimate of drug-likeness (QED) is 0.652. The molecule has 0 fully saturated rings. The smallest absolute Gasteiger partial charge is 0.0537 e. The van der Waals surface area contributed by atoms with Crippen LogP contribution < -0.4 is 5.32 Å². The standard InChI is InChI=1S/C14H27N3O/c1-4-8-15-14(7-10-18-6-3)13-11-16-17(12-13)9-5-2/h11-12,14-15H,4-10H2,1-3H3.